The van der Waals surface area contributed by atoms with Crippen molar-refractivity contribution in [1.29, 1.82) is 0 Å². The molecule has 1 saturated heterocycles. The summed E-state index contributed by atoms with van der Waals surface area (Å²) in [6, 6.07) is 5.35. The van der Waals surface area contributed by atoms with Crippen LogP contribution in [0.5, 0.6) is 11.5 Å². The summed E-state index contributed by atoms with van der Waals surface area (Å²) in [5.41, 5.74) is 0.353. The van der Waals surface area contributed by atoms with Crippen molar-refractivity contribution < 1.29 is 27.4 Å². The van der Waals surface area contributed by atoms with E-state index in [2.05, 4.69) is 21.9 Å². The van der Waals surface area contributed by atoms with E-state index in [1.54, 1.807) is 12.1 Å². The van der Waals surface area contributed by atoms with Crippen molar-refractivity contribution in [3.8, 4) is 11.5 Å². The van der Waals surface area contributed by atoms with E-state index in [1.807, 2.05) is 13.8 Å². The van der Waals surface area contributed by atoms with Gasteiger partial charge in [0.05, 0.1) is 24.9 Å². The maximum Gasteiger partial charge on any atom is 0.246 e. The van der Waals surface area contributed by atoms with Gasteiger partial charge in [-0.2, -0.15) is 0 Å². The summed E-state index contributed by atoms with van der Waals surface area (Å²) in [7, 11) is 1.43. The van der Waals surface area contributed by atoms with Gasteiger partial charge in [0.25, 0.3) is 0 Å². The lowest BCUT2D eigenvalue weighted by Gasteiger charge is -2.34. The molecule has 0 aliphatic carbocycles. The zero-order valence-electron chi connectivity index (χ0n) is 20.0. The highest BCUT2D eigenvalue weighted by molar-refractivity contribution is 6.31. The summed E-state index contributed by atoms with van der Waals surface area (Å²) in [5.74, 6) is -1.47. The first-order valence-electron chi connectivity index (χ1n) is 11.3. The molecule has 1 aliphatic heterocycles. The Bertz CT molecular complexity index is 1260. The van der Waals surface area contributed by atoms with Crippen molar-refractivity contribution in [2.75, 3.05) is 25.5 Å². The largest absolute Gasteiger partial charge is 0.493 e. The molecule has 1 fully saturated rings. The van der Waals surface area contributed by atoms with E-state index in [1.165, 1.54) is 24.4 Å². The molecule has 192 valence electrons. The number of fused-ring (bicyclic) bond motifs is 1. The number of benzene rings is 2. The number of ether oxygens (including phenoxy) is 2. The summed E-state index contributed by atoms with van der Waals surface area (Å²) in [4.78, 5) is 21.5. The smallest absolute Gasteiger partial charge is 0.246 e. The number of nitrogens with one attached hydrogen (secondary N) is 1. The predicted octanol–water partition coefficient (Wildman–Crippen LogP) is 5.84. The van der Waals surface area contributed by atoms with E-state index in [0.29, 0.717) is 23.2 Å². The number of alkyl halides is 1. The quantitative estimate of drug-likeness (QED) is 0.323. The van der Waals surface area contributed by atoms with Gasteiger partial charge in [0.2, 0.25) is 5.91 Å². The van der Waals surface area contributed by atoms with Crippen LogP contribution >= 0.6 is 11.6 Å². The molecule has 36 heavy (non-hydrogen) atoms. The number of carbonyl (C=O) groups is 1. The van der Waals surface area contributed by atoms with E-state index in [0.717, 1.165) is 12.1 Å². The zero-order valence-corrected chi connectivity index (χ0v) is 20.8. The molecule has 0 spiro atoms. The highest BCUT2D eigenvalue weighted by Gasteiger charge is 2.33. The fourth-order valence-electron chi connectivity index (χ4n) is 3.67. The fraction of sp³-hybridized carbons (Fsp3) is 0.320. The van der Waals surface area contributed by atoms with Gasteiger partial charge in [0.15, 0.2) is 23.5 Å². The van der Waals surface area contributed by atoms with Crippen molar-refractivity contribution in [2.24, 2.45) is 0 Å². The molecule has 2 aromatic carbocycles. The standard InChI is InChI=1S/C23H20ClF3N4O3.C2H6/c1-3-20(32)31-7-6-17(14(26)10-31)34-19-8-12-16(9-18(19)33-2)28-11-29-23(12)30-15-5-4-13(25)21(24)22(15)27;1-2/h3-5,8-9,11,14,17H,1,6-7,10H2,2H3,(H,28,29,30);1-2H3/t14?,17-;/m1./s1. The monoisotopic (exact) mass is 522 g/mol. The second-order valence-electron chi connectivity index (χ2n) is 7.54. The lowest BCUT2D eigenvalue weighted by Crippen LogP contribution is -2.48. The number of hydrogen-bond donors (Lipinski definition) is 1. The number of methoxy groups -OCH3 is 1. The molecule has 1 amide bonds. The molecule has 4 rings (SSSR count). The molecule has 7 nitrogen and oxygen atoms in total. The average molecular weight is 523 g/mol. The number of nitrogens with zero attached hydrogens (tertiary/aromatic N) is 3. The summed E-state index contributed by atoms with van der Waals surface area (Å²) in [6.45, 7) is 7.62. The van der Waals surface area contributed by atoms with Crippen LogP contribution in [0.25, 0.3) is 10.9 Å². The molecule has 11 heteroatoms. The molecule has 0 bridgehead atoms. The van der Waals surface area contributed by atoms with Gasteiger partial charge in [0.1, 0.15) is 29.1 Å². The van der Waals surface area contributed by atoms with Crippen molar-refractivity contribution >= 4 is 39.9 Å². The Balaban J connectivity index is 0.00000176. The second kappa shape index (κ2) is 11.9. The minimum absolute atomic E-state index is 0.0900. The molecular weight excluding hydrogens is 497 g/mol. The topological polar surface area (TPSA) is 76.6 Å². The third-order valence-corrected chi connectivity index (χ3v) is 5.80. The van der Waals surface area contributed by atoms with Gasteiger partial charge in [-0.25, -0.2) is 23.1 Å². The molecular formula is C25H26ClF3N4O3. The van der Waals surface area contributed by atoms with Crippen molar-refractivity contribution in [3.05, 3.63) is 59.9 Å². The van der Waals surface area contributed by atoms with Crippen molar-refractivity contribution in [1.82, 2.24) is 14.9 Å². The van der Waals surface area contributed by atoms with Crippen LogP contribution in [0.4, 0.5) is 24.7 Å². The first-order valence-corrected chi connectivity index (χ1v) is 11.7. The van der Waals surface area contributed by atoms with Crippen molar-refractivity contribution in [3.63, 3.8) is 0 Å². The van der Waals surface area contributed by atoms with E-state index in [-0.39, 0.29) is 36.1 Å². The number of halogens is 4. The fourth-order valence-corrected chi connectivity index (χ4v) is 3.84. The van der Waals surface area contributed by atoms with Gasteiger partial charge in [-0.15, -0.1) is 0 Å². The third kappa shape index (κ3) is 5.64. The van der Waals surface area contributed by atoms with Gasteiger partial charge in [-0.3, -0.25) is 4.79 Å². The van der Waals surface area contributed by atoms with E-state index in [4.69, 9.17) is 21.1 Å². The number of aromatic nitrogens is 2. The van der Waals surface area contributed by atoms with Crippen LogP contribution in [0.1, 0.15) is 20.3 Å². The molecule has 1 unspecified atom stereocenters. The van der Waals surface area contributed by atoms with E-state index < -0.39 is 28.9 Å². The summed E-state index contributed by atoms with van der Waals surface area (Å²) >= 11 is 5.67. The van der Waals surface area contributed by atoms with Crippen LogP contribution in [0.2, 0.25) is 5.02 Å². The van der Waals surface area contributed by atoms with Crippen LogP contribution in [0.3, 0.4) is 0 Å². The SMILES string of the molecule is C=CC(=O)N1CC[C@@H](Oc2cc3c(Nc4ccc(F)c(Cl)c4F)ncnc3cc2OC)C(F)C1.CC. The zero-order chi connectivity index (χ0) is 26.4. The Morgan fingerprint density at radius 3 is 2.67 bits per heavy atom. The maximum atomic E-state index is 14.8. The predicted molar refractivity (Wildman–Crippen MR) is 133 cm³/mol. The van der Waals surface area contributed by atoms with Gasteiger partial charge in [-0.05, 0) is 24.3 Å². The molecule has 0 saturated carbocycles. The van der Waals surface area contributed by atoms with Crippen LogP contribution in [0, 0.1) is 11.6 Å². The molecule has 2 atom stereocenters. The first-order chi connectivity index (χ1) is 17.3. The highest BCUT2D eigenvalue weighted by Crippen LogP contribution is 2.37. The Hall–Kier alpha value is -3.53. The molecule has 1 aliphatic rings. The molecule has 0 radical (unpaired) electrons. The second-order valence-corrected chi connectivity index (χ2v) is 7.92. The maximum absolute atomic E-state index is 14.8. The molecule has 2 heterocycles. The molecule has 1 aromatic heterocycles. The molecule has 3 aromatic rings. The lowest BCUT2D eigenvalue weighted by molar-refractivity contribution is -0.129. The number of amides is 1. The van der Waals surface area contributed by atoms with Crippen LogP contribution in [0.15, 0.2) is 43.2 Å². The van der Waals surface area contributed by atoms with E-state index in [9.17, 15) is 18.0 Å². The summed E-state index contributed by atoms with van der Waals surface area (Å²) < 4.78 is 54.0. The Morgan fingerprint density at radius 1 is 1.25 bits per heavy atom. The van der Waals surface area contributed by atoms with Crippen molar-refractivity contribution in [2.45, 2.75) is 32.5 Å². The summed E-state index contributed by atoms with van der Waals surface area (Å²) in [5, 5.41) is 2.56. The van der Waals surface area contributed by atoms with Crippen LogP contribution in [-0.4, -0.2) is 53.2 Å². The first kappa shape index (κ1) is 27.1. The number of rotatable bonds is 6. The van der Waals surface area contributed by atoms with Gasteiger partial charge >= 0.3 is 0 Å². The van der Waals surface area contributed by atoms with Gasteiger partial charge < -0.3 is 19.7 Å². The number of piperidine rings is 1. The number of anilines is 2. The summed E-state index contributed by atoms with van der Waals surface area (Å²) in [6.07, 6.45) is 0.411. The normalized spacial score (nSPS) is 17.1. The highest BCUT2D eigenvalue weighted by atomic mass is 35.5. The minimum atomic E-state index is -1.43. The average Bonchev–Trinajstić information content (AvgIpc) is 2.90. The number of carbonyl (C=O) groups excluding carboxylic acids is 1. The third-order valence-electron chi connectivity index (χ3n) is 5.46. The molecule has 1 N–H and O–H groups in total. The lowest BCUT2D eigenvalue weighted by atomic mass is 10.1. The van der Waals surface area contributed by atoms with Crippen LogP contribution < -0.4 is 14.8 Å². The van der Waals surface area contributed by atoms with Gasteiger partial charge in [-0.1, -0.05) is 32.0 Å². The Morgan fingerprint density at radius 2 is 2.00 bits per heavy atom. The number of hydrogen-bond acceptors (Lipinski definition) is 6. The Kier molecular flexibility index (Phi) is 8.98. The Labute approximate surface area is 211 Å². The van der Waals surface area contributed by atoms with Gasteiger partial charge in [0, 0.05) is 24.4 Å². The number of likely N-dealkylation sites (tertiary alicyclic amines) is 1. The van der Waals surface area contributed by atoms with Crippen LogP contribution in [-0.2, 0) is 4.79 Å². The van der Waals surface area contributed by atoms with E-state index >= 15 is 0 Å². The minimum Gasteiger partial charge on any atom is -0.493 e.